The number of methoxy groups -OCH3 is 1. The molecule has 0 unspecified atom stereocenters. The molecule has 1 fully saturated rings. The second-order valence-corrected chi connectivity index (χ2v) is 6.11. The Bertz CT molecular complexity index is 459. The molecule has 1 amide bonds. The summed E-state index contributed by atoms with van der Waals surface area (Å²) in [6.45, 7) is 2.35. The van der Waals surface area contributed by atoms with Crippen molar-refractivity contribution in [3.05, 3.63) is 33.3 Å². The van der Waals surface area contributed by atoms with Crippen LogP contribution >= 0.6 is 27.5 Å². The summed E-state index contributed by atoms with van der Waals surface area (Å²) < 4.78 is 5.96. The molecule has 1 heterocycles. The third-order valence-electron chi connectivity index (χ3n) is 3.46. The second kappa shape index (κ2) is 6.73. The molecule has 0 atom stereocenters. The number of carbonyl (C=O) groups excluding carboxylic acids is 1. The van der Waals surface area contributed by atoms with Crippen LogP contribution in [0, 0.1) is 5.92 Å². The summed E-state index contributed by atoms with van der Waals surface area (Å²) in [4.78, 5) is 14.3. The van der Waals surface area contributed by atoms with E-state index in [1.54, 1.807) is 19.2 Å². The molecule has 0 N–H and O–H groups in total. The van der Waals surface area contributed by atoms with Gasteiger partial charge in [0, 0.05) is 36.3 Å². The van der Waals surface area contributed by atoms with Gasteiger partial charge < -0.3 is 9.64 Å². The first kappa shape index (κ1) is 14.8. The number of amides is 1. The van der Waals surface area contributed by atoms with Crippen molar-refractivity contribution in [1.82, 2.24) is 4.90 Å². The Balaban J connectivity index is 2.03. The summed E-state index contributed by atoms with van der Waals surface area (Å²) in [5, 5.41) is 0.584. The molecular weight excluding hydrogens is 330 g/mol. The molecule has 104 valence electrons. The quantitative estimate of drug-likeness (QED) is 0.837. The molecule has 0 bridgehead atoms. The van der Waals surface area contributed by atoms with Gasteiger partial charge in [0.1, 0.15) is 0 Å². The number of rotatable bonds is 3. The zero-order valence-electron chi connectivity index (χ0n) is 10.9. The van der Waals surface area contributed by atoms with Gasteiger partial charge in [-0.15, -0.1) is 0 Å². The van der Waals surface area contributed by atoms with Crippen LogP contribution in [-0.2, 0) is 4.74 Å². The number of hydrogen-bond donors (Lipinski definition) is 0. The van der Waals surface area contributed by atoms with E-state index in [-0.39, 0.29) is 5.91 Å². The summed E-state index contributed by atoms with van der Waals surface area (Å²) >= 11 is 9.36. The SMILES string of the molecule is COCC1CCN(C(=O)c2cc(Cl)ccc2Br)CC1. The Hall–Kier alpha value is -0.580. The normalized spacial score (nSPS) is 16.7. The molecule has 0 saturated carbocycles. The van der Waals surface area contributed by atoms with Crippen LogP contribution < -0.4 is 0 Å². The van der Waals surface area contributed by atoms with Gasteiger partial charge in [-0.1, -0.05) is 11.6 Å². The zero-order valence-corrected chi connectivity index (χ0v) is 13.2. The van der Waals surface area contributed by atoms with Gasteiger partial charge in [0.15, 0.2) is 0 Å². The minimum atomic E-state index is 0.0465. The highest BCUT2D eigenvalue weighted by molar-refractivity contribution is 9.10. The zero-order chi connectivity index (χ0) is 13.8. The fraction of sp³-hybridized carbons (Fsp3) is 0.500. The highest BCUT2D eigenvalue weighted by Gasteiger charge is 2.24. The van der Waals surface area contributed by atoms with E-state index in [1.165, 1.54) is 0 Å². The van der Waals surface area contributed by atoms with Gasteiger partial charge >= 0.3 is 0 Å². The minimum absolute atomic E-state index is 0.0465. The standard InChI is InChI=1S/C14H17BrClNO2/c1-19-9-10-4-6-17(7-5-10)14(18)12-8-11(16)2-3-13(12)15/h2-3,8,10H,4-7,9H2,1H3. The van der Waals surface area contributed by atoms with Crippen LogP contribution in [-0.4, -0.2) is 37.6 Å². The van der Waals surface area contributed by atoms with Gasteiger partial charge in [-0.05, 0) is 52.9 Å². The monoisotopic (exact) mass is 345 g/mol. The van der Waals surface area contributed by atoms with Crippen LogP contribution in [0.5, 0.6) is 0 Å². The fourth-order valence-electron chi connectivity index (χ4n) is 2.37. The fourth-order valence-corrected chi connectivity index (χ4v) is 2.96. The third kappa shape index (κ3) is 3.71. The lowest BCUT2D eigenvalue weighted by molar-refractivity contribution is 0.0613. The largest absolute Gasteiger partial charge is 0.384 e. The van der Waals surface area contributed by atoms with Gasteiger partial charge in [-0.3, -0.25) is 4.79 Å². The summed E-state index contributed by atoms with van der Waals surface area (Å²) in [7, 11) is 1.72. The molecule has 0 aromatic heterocycles. The maximum absolute atomic E-state index is 12.4. The molecule has 0 spiro atoms. The van der Waals surface area contributed by atoms with E-state index in [4.69, 9.17) is 16.3 Å². The first-order valence-electron chi connectivity index (χ1n) is 6.35. The predicted octanol–water partition coefficient (Wildman–Crippen LogP) is 3.60. The van der Waals surface area contributed by atoms with Gasteiger partial charge in [0.05, 0.1) is 5.56 Å². The number of hydrogen-bond acceptors (Lipinski definition) is 2. The van der Waals surface area contributed by atoms with Gasteiger partial charge in [0.25, 0.3) is 5.91 Å². The molecule has 1 aromatic carbocycles. The van der Waals surface area contributed by atoms with Gasteiger partial charge in [-0.2, -0.15) is 0 Å². The molecule has 0 radical (unpaired) electrons. The Labute approximate surface area is 127 Å². The van der Waals surface area contributed by atoms with Crippen LogP contribution in [0.4, 0.5) is 0 Å². The molecule has 1 aliphatic heterocycles. The molecule has 1 aliphatic rings. The summed E-state index contributed by atoms with van der Waals surface area (Å²) in [6.07, 6.45) is 2.00. The van der Waals surface area contributed by atoms with Crippen molar-refractivity contribution in [3.8, 4) is 0 Å². The van der Waals surface area contributed by atoms with Crippen molar-refractivity contribution in [3.63, 3.8) is 0 Å². The number of nitrogens with zero attached hydrogens (tertiary/aromatic N) is 1. The van der Waals surface area contributed by atoms with Crippen molar-refractivity contribution >= 4 is 33.4 Å². The maximum Gasteiger partial charge on any atom is 0.255 e. The Morgan fingerprint density at radius 2 is 2.16 bits per heavy atom. The minimum Gasteiger partial charge on any atom is -0.384 e. The van der Waals surface area contributed by atoms with Crippen LogP contribution in [0.3, 0.4) is 0 Å². The van der Waals surface area contributed by atoms with Gasteiger partial charge in [0.2, 0.25) is 0 Å². The molecule has 1 aromatic rings. The number of piperidine rings is 1. The first-order valence-corrected chi connectivity index (χ1v) is 7.52. The molecule has 19 heavy (non-hydrogen) atoms. The summed E-state index contributed by atoms with van der Waals surface area (Å²) in [5.74, 6) is 0.613. The van der Waals surface area contributed by atoms with E-state index in [9.17, 15) is 4.79 Å². The van der Waals surface area contributed by atoms with E-state index < -0.39 is 0 Å². The topological polar surface area (TPSA) is 29.5 Å². The average molecular weight is 347 g/mol. The summed E-state index contributed by atoms with van der Waals surface area (Å²) in [6, 6.07) is 5.30. The third-order valence-corrected chi connectivity index (χ3v) is 4.39. The number of likely N-dealkylation sites (tertiary alicyclic amines) is 1. The lowest BCUT2D eigenvalue weighted by Crippen LogP contribution is -2.39. The number of benzene rings is 1. The van der Waals surface area contributed by atoms with Crippen molar-refractivity contribution in [2.45, 2.75) is 12.8 Å². The molecule has 3 nitrogen and oxygen atoms in total. The smallest absolute Gasteiger partial charge is 0.255 e. The van der Waals surface area contributed by atoms with E-state index in [2.05, 4.69) is 15.9 Å². The van der Waals surface area contributed by atoms with E-state index >= 15 is 0 Å². The Morgan fingerprint density at radius 3 is 2.79 bits per heavy atom. The van der Waals surface area contributed by atoms with Crippen LogP contribution in [0.2, 0.25) is 5.02 Å². The van der Waals surface area contributed by atoms with Crippen molar-refractivity contribution in [2.75, 3.05) is 26.8 Å². The van der Waals surface area contributed by atoms with E-state index in [0.29, 0.717) is 16.5 Å². The number of halogens is 2. The van der Waals surface area contributed by atoms with Gasteiger partial charge in [-0.25, -0.2) is 0 Å². The van der Waals surface area contributed by atoms with Crippen LogP contribution in [0.25, 0.3) is 0 Å². The van der Waals surface area contributed by atoms with E-state index in [1.807, 2.05) is 11.0 Å². The number of ether oxygens (including phenoxy) is 1. The second-order valence-electron chi connectivity index (χ2n) is 4.82. The molecule has 5 heteroatoms. The van der Waals surface area contributed by atoms with Crippen molar-refractivity contribution < 1.29 is 9.53 Å². The lowest BCUT2D eigenvalue weighted by atomic mass is 9.97. The highest BCUT2D eigenvalue weighted by atomic mass is 79.9. The molecule has 1 saturated heterocycles. The van der Waals surface area contributed by atoms with Crippen LogP contribution in [0.15, 0.2) is 22.7 Å². The number of carbonyl (C=O) groups is 1. The molecule has 2 rings (SSSR count). The average Bonchev–Trinajstić information content (AvgIpc) is 2.42. The maximum atomic E-state index is 12.4. The summed E-state index contributed by atoms with van der Waals surface area (Å²) in [5.41, 5.74) is 0.637. The first-order chi connectivity index (χ1) is 9.11. The van der Waals surface area contributed by atoms with Crippen molar-refractivity contribution in [2.24, 2.45) is 5.92 Å². The Morgan fingerprint density at radius 1 is 1.47 bits per heavy atom. The molecular formula is C14H17BrClNO2. The predicted molar refractivity (Wildman–Crippen MR) is 79.7 cm³/mol. The Kier molecular flexibility index (Phi) is 5.25. The van der Waals surface area contributed by atoms with Crippen LogP contribution in [0.1, 0.15) is 23.2 Å². The van der Waals surface area contributed by atoms with E-state index in [0.717, 1.165) is 37.0 Å². The highest BCUT2D eigenvalue weighted by Crippen LogP contribution is 2.25. The van der Waals surface area contributed by atoms with Crippen molar-refractivity contribution in [1.29, 1.82) is 0 Å². The lowest BCUT2D eigenvalue weighted by Gasteiger charge is -2.32. The molecule has 0 aliphatic carbocycles.